The maximum atomic E-state index is 13.2. The number of piperidine rings is 1. The molecule has 9 nitrogen and oxygen atoms in total. The van der Waals surface area contributed by atoms with Crippen LogP contribution in [0.1, 0.15) is 12.8 Å². The van der Waals surface area contributed by atoms with Crippen molar-refractivity contribution >= 4 is 32.4 Å². The summed E-state index contributed by atoms with van der Waals surface area (Å²) in [5.74, 6) is -0.590. The first-order valence-corrected chi connectivity index (χ1v) is 12.1. The summed E-state index contributed by atoms with van der Waals surface area (Å²) < 4.78 is 29.3. The smallest absolute Gasteiger partial charge is 0.243 e. The third kappa shape index (κ3) is 4.22. The van der Waals surface area contributed by atoms with Crippen LogP contribution in [-0.2, 0) is 14.8 Å². The van der Waals surface area contributed by atoms with Crippen molar-refractivity contribution in [1.82, 2.24) is 24.5 Å². The van der Waals surface area contributed by atoms with Crippen molar-refractivity contribution in [3.63, 3.8) is 0 Å². The summed E-state index contributed by atoms with van der Waals surface area (Å²) in [6.45, 7) is 0.531. The summed E-state index contributed by atoms with van der Waals surface area (Å²) in [5, 5.41) is 16.0. The summed E-state index contributed by atoms with van der Waals surface area (Å²) in [7, 11) is -3.73. The second kappa shape index (κ2) is 8.72. The first-order valence-electron chi connectivity index (χ1n) is 10.6. The zero-order valence-electron chi connectivity index (χ0n) is 17.7. The Morgan fingerprint density at radius 2 is 1.79 bits per heavy atom. The van der Waals surface area contributed by atoms with Gasteiger partial charge in [0.05, 0.1) is 16.5 Å². The molecule has 1 aromatic heterocycles. The summed E-state index contributed by atoms with van der Waals surface area (Å²) >= 11 is 0. The van der Waals surface area contributed by atoms with Crippen molar-refractivity contribution in [2.45, 2.75) is 17.7 Å². The number of amides is 1. The maximum Gasteiger partial charge on any atom is 0.243 e. The molecular weight excluding hydrogens is 440 g/mol. The summed E-state index contributed by atoms with van der Waals surface area (Å²) in [6.07, 6.45) is 2.70. The Morgan fingerprint density at radius 1 is 1.00 bits per heavy atom. The van der Waals surface area contributed by atoms with Gasteiger partial charge in [-0.25, -0.2) is 13.1 Å². The van der Waals surface area contributed by atoms with Gasteiger partial charge in [0.25, 0.3) is 0 Å². The lowest BCUT2D eigenvalue weighted by Crippen LogP contribution is -2.43. The number of nitrogens with zero attached hydrogens (tertiary/aromatic N) is 5. The molecule has 1 saturated heterocycles. The number of benzene rings is 3. The highest BCUT2D eigenvalue weighted by Gasteiger charge is 2.33. The Hall–Kier alpha value is -3.63. The number of rotatable bonds is 5. The molecule has 3 aromatic carbocycles. The number of carbonyl (C=O) groups excluding carboxylic acids is 1. The Balaban J connectivity index is 1.32. The highest BCUT2D eigenvalue weighted by molar-refractivity contribution is 7.89. The fourth-order valence-corrected chi connectivity index (χ4v) is 5.67. The minimum absolute atomic E-state index is 0.147. The SMILES string of the molecule is O=C(Nc1cccc2ccccc12)C1CCCN(S(=O)(=O)c2ccc(-n3cnnn3)cc2)C1. The minimum atomic E-state index is -3.73. The van der Waals surface area contributed by atoms with Crippen LogP contribution in [0.2, 0.25) is 0 Å². The van der Waals surface area contributed by atoms with Gasteiger partial charge in [0.2, 0.25) is 15.9 Å². The van der Waals surface area contributed by atoms with E-state index in [2.05, 4.69) is 20.8 Å². The number of sulfonamides is 1. The van der Waals surface area contributed by atoms with E-state index in [0.717, 1.165) is 16.5 Å². The van der Waals surface area contributed by atoms with Crippen LogP contribution in [0.5, 0.6) is 0 Å². The van der Waals surface area contributed by atoms with Crippen molar-refractivity contribution in [2.75, 3.05) is 18.4 Å². The van der Waals surface area contributed by atoms with Gasteiger partial charge in [0.15, 0.2) is 0 Å². The van der Waals surface area contributed by atoms with Gasteiger partial charge in [-0.15, -0.1) is 5.10 Å². The van der Waals surface area contributed by atoms with Crippen molar-refractivity contribution in [3.8, 4) is 5.69 Å². The molecule has 1 atom stereocenters. The summed E-state index contributed by atoms with van der Waals surface area (Å²) in [4.78, 5) is 13.2. The van der Waals surface area contributed by atoms with E-state index in [-0.39, 0.29) is 17.3 Å². The molecule has 1 unspecified atom stereocenters. The van der Waals surface area contributed by atoms with E-state index in [4.69, 9.17) is 0 Å². The molecule has 1 N–H and O–H groups in total. The van der Waals surface area contributed by atoms with Gasteiger partial charge in [-0.05, 0) is 59.0 Å². The molecule has 10 heteroatoms. The average molecular weight is 463 g/mol. The van der Waals surface area contributed by atoms with Crippen LogP contribution >= 0.6 is 0 Å². The van der Waals surface area contributed by atoms with Crippen LogP contribution in [0.15, 0.2) is 78.0 Å². The van der Waals surface area contributed by atoms with Crippen LogP contribution in [0.4, 0.5) is 5.69 Å². The average Bonchev–Trinajstić information content (AvgIpc) is 3.40. The van der Waals surface area contributed by atoms with E-state index < -0.39 is 15.9 Å². The number of fused-ring (bicyclic) bond motifs is 1. The van der Waals surface area contributed by atoms with Crippen LogP contribution in [0.25, 0.3) is 16.5 Å². The maximum absolute atomic E-state index is 13.2. The van der Waals surface area contributed by atoms with E-state index in [1.165, 1.54) is 27.4 Å². The standard InChI is InChI=1S/C23H22N6O3S/c30-23(25-22-9-3-6-17-5-1-2-8-21(17)22)18-7-4-14-28(15-18)33(31,32)20-12-10-19(11-13-20)29-16-24-26-27-29/h1-3,5-6,8-13,16,18H,4,7,14-15H2,(H,25,30). The molecule has 2 heterocycles. The molecule has 33 heavy (non-hydrogen) atoms. The van der Waals surface area contributed by atoms with E-state index in [9.17, 15) is 13.2 Å². The molecule has 4 aromatic rings. The number of hydrogen-bond donors (Lipinski definition) is 1. The highest BCUT2D eigenvalue weighted by Crippen LogP contribution is 2.27. The molecule has 1 fully saturated rings. The monoisotopic (exact) mass is 462 g/mol. The number of tetrazole rings is 1. The zero-order chi connectivity index (χ0) is 22.8. The molecule has 5 rings (SSSR count). The Bertz CT molecular complexity index is 1380. The van der Waals surface area contributed by atoms with Gasteiger partial charge in [0, 0.05) is 24.2 Å². The third-order valence-electron chi connectivity index (χ3n) is 5.89. The van der Waals surface area contributed by atoms with Crippen molar-refractivity contribution < 1.29 is 13.2 Å². The normalized spacial score (nSPS) is 17.2. The lowest BCUT2D eigenvalue weighted by atomic mass is 9.98. The van der Waals surface area contributed by atoms with Crippen LogP contribution in [0.3, 0.4) is 0 Å². The molecule has 1 amide bonds. The third-order valence-corrected chi connectivity index (χ3v) is 7.77. The molecule has 168 valence electrons. The zero-order valence-corrected chi connectivity index (χ0v) is 18.5. The lowest BCUT2D eigenvalue weighted by molar-refractivity contribution is -0.120. The second-order valence-electron chi connectivity index (χ2n) is 7.97. The predicted molar refractivity (Wildman–Crippen MR) is 123 cm³/mol. The molecular formula is C23H22N6O3S. The Labute approximate surface area is 191 Å². The molecule has 0 bridgehead atoms. The van der Waals surface area contributed by atoms with Gasteiger partial charge < -0.3 is 5.32 Å². The fraction of sp³-hybridized carbons (Fsp3) is 0.217. The van der Waals surface area contributed by atoms with Crippen LogP contribution < -0.4 is 5.32 Å². The van der Waals surface area contributed by atoms with Crippen LogP contribution in [-0.4, -0.2) is 51.9 Å². The summed E-state index contributed by atoms with van der Waals surface area (Å²) in [5.41, 5.74) is 1.39. The first kappa shape index (κ1) is 21.2. The minimum Gasteiger partial charge on any atom is -0.325 e. The Kier molecular flexibility index (Phi) is 5.61. The summed E-state index contributed by atoms with van der Waals surface area (Å²) in [6, 6.07) is 20.0. The lowest BCUT2D eigenvalue weighted by Gasteiger charge is -2.31. The number of hydrogen-bond acceptors (Lipinski definition) is 6. The van der Waals surface area contributed by atoms with Crippen molar-refractivity contribution in [1.29, 1.82) is 0 Å². The number of aromatic nitrogens is 4. The second-order valence-corrected chi connectivity index (χ2v) is 9.90. The van der Waals surface area contributed by atoms with E-state index in [0.29, 0.717) is 25.1 Å². The van der Waals surface area contributed by atoms with Crippen molar-refractivity contribution in [3.05, 3.63) is 73.1 Å². The molecule has 1 aliphatic heterocycles. The predicted octanol–water partition coefficient (Wildman–Crippen LogP) is 2.85. The molecule has 0 spiro atoms. The van der Waals surface area contributed by atoms with E-state index in [1.807, 2.05) is 42.5 Å². The van der Waals surface area contributed by atoms with Crippen molar-refractivity contribution in [2.24, 2.45) is 5.92 Å². The topological polar surface area (TPSA) is 110 Å². The molecule has 1 aliphatic rings. The first-order chi connectivity index (χ1) is 16.0. The fourth-order valence-electron chi connectivity index (χ4n) is 4.14. The Morgan fingerprint density at radius 3 is 2.58 bits per heavy atom. The van der Waals surface area contributed by atoms with Gasteiger partial charge in [0.1, 0.15) is 6.33 Å². The van der Waals surface area contributed by atoms with E-state index in [1.54, 1.807) is 12.1 Å². The van der Waals surface area contributed by atoms with Crippen LogP contribution in [0, 0.1) is 5.92 Å². The quantitative estimate of drug-likeness (QED) is 0.488. The van der Waals surface area contributed by atoms with Gasteiger partial charge in [-0.3, -0.25) is 4.79 Å². The van der Waals surface area contributed by atoms with Gasteiger partial charge >= 0.3 is 0 Å². The number of anilines is 1. The largest absolute Gasteiger partial charge is 0.325 e. The number of nitrogens with one attached hydrogen (secondary N) is 1. The number of carbonyl (C=O) groups is 1. The highest BCUT2D eigenvalue weighted by atomic mass is 32.2. The molecule has 0 aliphatic carbocycles. The van der Waals surface area contributed by atoms with E-state index >= 15 is 0 Å². The van der Waals surface area contributed by atoms with Gasteiger partial charge in [-0.1, -0.05) is 36.4 Å². The van der Waals surface area contributed by atoms with Gasteiger partial charge in [-0.2, -0.15) is 4.31 Å². The molecule has 0 radical (unpaired) electrons. The molecule has 0 saturated carbocycles.